The molecule has 1 N–H and O–H groups in total. The second-order valence-corrected chi connectivity index (χ2v) is 7.51. The number of hydrogen-bond donors (Lipinski definition) is 1. The summed E-state index contributed by atoms with van der Waals surface area (Å²) in [6, 6.07) is 21.0. The van der Waals surface area contributed by atoms with Crippen molar-refractivity contribution in [1.29, 1.82) is 0 Å². The fraction of sp³-hybridized carbons (Fsp3) is 0.158. The van der Waals surface area contributed by atoms with Crippen LogP contribution in [-0.2, 0) is 27.1 Å². The third-order valence-electron chi connectivity index (χ3n) is 3.50. The van der Waals surface area contributed by atoms with Crippen LogP contribution < -0.4 is 4.74 Å². The summed E-state index contributed by atoms with van der Waals surface area (Å²) in [6.45, 7) is 0. The Balaban J connectivity index is 0.000000336. The molecule has 1 aliphatic rings. The number of fused-ring (bicyclic) bond motifs is 3. The molecule has 0 aliphatic carbocycles. The van der Waals surface area contributed by atoms with Gasteiger partial charge in [-0.2, -0.15) is 8.42 Å². The van der Waals surface area contributed by atoms with Gasteiger partial charge in [0.2, 0.25) is 0 Å². The normalized spacial score (nSPS) is 11.1. The van der Waals surface area contributed by atoms with Crippen molar-refractivity contribution in [2.24, 2.45) is 0 Å². The molecule has 9 heteroatoms. The van der Waals surface area contributed by atoms with Gasteiger partial charge in [-0.15, -0.1) is 12.6 Å². The molecule has 1 aliphatic heterocycles. The van der Waals surface area contributed by atoms with E-state index < -0.39 is 20.7 Å². The zero-order chi connectivity index (χ0) is 20.0. The van der Waals surface area contributed by atoms with Crippen LogP contribution in [0, 0.1) is 0 Å². The van der Waals surface area contributed by atoms with Crippen molar-refractivity contribution in [3.05, 3.63) is 71.8 Å². The molecule has 0 saturated heterocycles. The highest BCUT2D eigenvalue weighted by molar-refractivity contribution is 7.85. The molecular formula is C19H20O7S2. The van der Waals surface area contributed by atoms with E-state index >= 15 is 0 Å². The predicted octanol–water partition coefficient (Wildman–Crippen LogP) is 3.67. The monoisotopic (exact) mass is 424 g/mol. The lowest BCUT2D eigenvalue weighted by Crippen LogP contribution is -2.02. The van der Waals surface area contributed by atoms with Crippen LogP contribution >= 0.6 is 0 Å². The molecule has 0 fully saturated rings. The van der Waals surface area contributed by atoms with Crippen molar-refractivity contribution in [2.75, 3.05) is 6.26 Å². The molecule has 0 unspecified atom stereocenters. The van der Waals surface area contributed by atoms with E-state index in [-0.39, 0.29) is 7.43 Å². The average molecular weight is 424 g/mol. The van der Waals surface area contributed by atoms with Gasteiger partial charge in [0.25, 0.3) is 10.1 Å². The molecule has 0 spiro atoms. The Labute approximate surface area is 165 Å². The molecule has 0 aromatic heterocycles. The van der Waals surface area contributed by atoms with Crippen molar-refractivity contribution in [1.82, 2.24) is 0 Å². The molecule has 150 valence electrons. The summed E-state index contributed by atoms with van der Waals surface area (Å²) in [5, 5.41) is 2.51. The summed E-state index contributed by atoms with van der Waals surface area (Å²) in [7, 11) is -6.78. The molecule has 0 amide bonds. The van der Waals surface area contributed by atoms with Crippen molar-refractivity contribution < 1.29 is 30.3 Å². The lowest BCUT2D eigenvalue weighted by atomic mass is 9.97. The number of rotatable bonds is 0. The summed E-state index contributed by atoms with van der Waals surface area (Å²) >= 11 is 0. The zero-order valence-electron chi connectivity index (χ0n) is 14.2. The number of hydrogen-bond acceptors (Lipinski definition) is 6. The highest BCUT2D eigenvalue weighted by Gasteiger charge is 2.16. The van der Waals surface area contributed by atoms with Crippen molar-refractivity contribution >= 4 is 31.5 Å². The van der Waals surface area contributed by atoms with E-state index in [1.54, 1.807) is 0 Å². The quantitative estimate of drug-likeness (QED) is 0.428. The summed E-state index contributed by atoms with van der Waals surface area (Å²) in [4.78, 5) is 0. The number of benzene rings is 3. The molecule has 7 nitrogen and oxygen atoms in total. The van der Waals surface area contributed by atoms with Crippen LogP contribution in [0.4, 0.5) is 0 Å². The predicted molar refractivity (Wildman–Crippen MR) is 107 cm³/mol. The summed E-state index contributed by atoms with van der Waals surface area (Å²) in [6.07, 6.45) is 1.67. The molecule has 0 saturated carbocycles. The second-order valence-electron chi connectivity index (χ2n) is 5.63. The van der Waals surface area contributed by atoms with E-state index in [9.17, 15) is 8.42 Å². The third-order valence-corrected chi connectivity index (χ3v) is 3.50. The lowest BCUT2D eigenvalue weighted by Gasteiger charge is -2.20. The molecule has 3 aromatic rings. The van der Waals surface area contributed by atoms with Gasteiger partial charge >= 0.3 is 10.6 Å². The summed E-state index contributed by atoms with van der Waals surface area (Å²) in [5.74, 6) is 1.98. The molecule has 3 aromatic carbocycles. The Morgan fingerprint density at radius 1 is 0.857 bits per heavy atom. The van der Waals surface area contributed by atoms with Gasteiger partial charge in [0.15, 0.2) is 0 Å². The van der Waals surface area contributed by atoms with Crippen LogP contribution in [0.25, 0.3) is 10.8 Å². The fourth-order valence-electron chi connectivity index (χ4n) is 2.57. The van der Waals surface area contributed by atoms with E-state index in [1.165, 1.54) is 21.9 Å². The Morgan fingerprint density at radius 3 is 1.89 bits per heavy atom. The maximum Gasteiger partial charge on any atom is 0.425 e. The maximum absolute atomic E-state index is 9.19. The Bertz CT molecular complexity index is 1090. The van der Waals surface area contributed by atoms with Crippen molar-refractivity contribution in [2.45, 2.75) is 13.8 Å². The smallest absolute Gasteiger partial charge is 0.425 e. The molecule has 0 atom stereocenters. The first kappa shape index (κ1) is 23.3. The van der Waals surface area contributed by atoms with Gasteiger partial charge in [0.1, 0.15) is 11.5 Å². The largest absolute Gasteiger partial charge is 0.457 e. The van der Waals surface area contributed by atoms with E-state index in [2.05, 4.69) is 48.5 Å². The van der Waals surface area contributed by atoms with Gasteiger partial charge in [-0.3, -0.25) is 4.55 Å². The van der Waals surface area contributed by atoms with Crippen molar-refractivity contribution in [3.8, 4) is 11.5 Å². The topological polar surface area (TPSA) is 115 Å². The van der Waals surface area contributed by atoms with E-state index in [1.807, 2.05) is 12.1 Å². The molecule has 0 bridgehead atoms. The SMILES string of the molecule is C.CS(=O)(=O)O.O=S(=O)=O.c1ccc2c(c1)Cc1cc3ccccc3cc1O2. The Morgan fingerprint density at radius 2 is 1.32 bits per heavy atom. The van der Waals surface area contributed by atoms with Crippen LogP contribution in [0.2, 0.25) is 0 Å². The molecule has 0 radical (unpaired) electrons. The zero-order valence-corrected chi connectivity index (χ0v) is 15.8. The number of ether oxygens (including phenoxy) is 1. The molecule has 1 heterocycles. The van der Waals surface area contributed by atoms with E-state index in [0.717, 1.165) is 17.9 Å². The van der Waals surface area contributed by atoms with Gasteiger partial charge in [-0.25, -0.2) is 0 Å². The minimum Gasteiger partial charge on any atom is -0.457 e. The maximum atomic E-state index is 9.19. The molecule has 28 heavy (non-hydrogen) atoms. The summed E-state index contributed by atoms with van der Waals surface area (Å²) in [5.41, 5.74) is 2.53. The van der Waals surface area contributed by atoms with Gasteiger partial charge in [-0.1, -0.05) is 49.9 Å². The fourth-order valence-corrected chi connectivity index (χ4v) is 2.57. The highest BCUT2D eigenvalue weighted by atomic mass is 32.2. The second kappa shape index (κ2) is 9.98. The van der Waals surface area contributed by atoms with E-state index in [0.29, 0.717) is 6.26 Å². The summed E-state index contributed by atoms with van der Waals surface area (Å²) < 4.78 is 57.2. The van der Waals surface area contributed by atoms with Crippen molar-refractivity contribution in [3.63, 3.8) is 0 Å². The Kier molecular flexibility index (Phi) is 8.30. The Hall–Kier alpha value is -2.75. The number of para-hydroxylation sites is 1. The minimum absolute atomic E-state index is 0. The standard InChI is InChI=1S/C17H12O.CH4O3S.CH4.O3S/c1-2-6-13-11-17-15(9-12(13)5-1)10-14-7-3-4-8-16(14)18-17;1-5(2,3)4;;1-4(2)3/h1-9,11H,10H2;1H3,(H,2,3,4);1H4;. The molecular weight excluding hydrogens is 404 g/mol. The van der Waals surface area contributed by atoms with Crippen LogP contribution in [0.3, 0.4) is 0 Å². The lowest BCUT2D eigenvalue weighted by molar-refractivity contribution is 0.461. The highest BCUT2D eigenvalue weighted by Crippen LogP contribution is 2.38. The van der Waals surface area contributed by atoms with Crippen LogP contribution in [0.15, 0.2) is 60.7 Å². The van der Waals surface area contributed by atoms with Gasteiger partial charge in [0.05, 0.1) is 6.26 Å². The van der Waals surface area contributed by atoms with Gasteiger partial charge in [-0.05, 0) is 40.1 Å². The third kappa shape index (κ3) is 7.47. The van der Waals surface area contributed by atoms with Crippen LogP contribution in [0.5, 0.6) is 11.5 Å². The van der Waals surface area contributed by atoms with Crippen LogP contribution in [-0.4, -0.2) is 31.9 Å². The van der Waals surface area contributed by atoms with Gasteiger partial charge < -0.3 is 4.74 Å². The first-order chi connectivity index (χ1) is 12.6. The first-order valence-electron chi connectivity index (χ1n) is 7.60. The first-order valence-corrected chi connectivity index (χ1v) is 10.4. The van der Waals surface area contributed by atoms with Crippen LogP contribution in [0.1, 0.15) is 18.6 Å². The average Bonchev–Trinajstić information content (AvgIpc) is 2.56. The molecule has 4 rings (SSSR count). The van der Waals surface area contributed by atoms with E-state index in [4.69, 9.17) is 21.9 Å². The van der Waals surface area contributed by atoms with Gasteiger partial charge in [0, 0.05) is 6.42 Å². The minimum atomic E-state index is -3.67.